The van der Waals surface area contributed by atoms with Gasteiger partial charge in [-0.2, -0.15) is 0 Å². The Hall–Kier alpha value is -4.45. The highest BCUT2D eigenvalue weighted by Gasteiger charge is 2.19. The second-order valence-electron chi connectivity index (χ2n) is 14.6. The van der Waals surface area contributed by atoms with Crippen molar-refractivity contribution < 1.29 is 28.6 Å². The van der Waals surface area contributed by atoms with Gasteiger partial charge in [-0.25, -0.2) is 0 Å². The van der Waals surface area contributed by atoms with Crippen LogP contribution in [0.3, 0.4) is 0 Å². The predicted molar refractivity (Wildman–Crippen MR) is 256 cm³/mol. The molecule has 0 aromatic heterocycles. The molecule has 60 heavy (non-hydrogen) atoms. The zero-order valence-electron chi connectivity index (χ0n) is 37.9. The summed E-state index contributed by atoms with van der Waals surface area (Å²) in [4.78, 5) is 37.8. The van der Waals surface area contributed by atoms with Gasteiger partial charge in [-0.1, -0.05) is 193 Å². The largest absolute Gasteiger partial charge is 0.462 e. The number of allylic oxidation sites excluding steroid dienone is 22. The maximum Gasteiger partial charge on any atom is 0.306 e. The first-order valence-corrected chi connectivity index (χ1v) is 23.3. The molecule has 1 atom stereocenters. The summed E-state index contributed by atoms with van der Waals surface area (Å²) in [6.45, 7) is 6.12. The van der Waals surface area contributed by atoms with Gasteiger partial charge in [-0.15, -0.1) is 0 Å². The molecule has 334 valence electrons. The van der Waals surface area contributed by atoms with Gasteiger partial charge in [0.05, 0.1) is 0 Å². The molecule has 0 amide bonds. The summed E-state index contributed by atoms with van der Waals surface area (Å²) in [5, 5.41) is 0. The number of carbonyl (C=O) groups is 3. The first-order valence-electron chi connectivity index (χ1n) is 23.3. The van der Waals surface area contributed by atoms with Crippen molar-refractivity contribution in [1.29, 1.82) is 0 Å². The van der Waals surface area contributed by atoms with Gasteiger partial charge >= 0.3 is 17.9 Å². The molecule has 6 heteroatoms. The summed E-state index contributed by atoms with van der Waals surface area (Å²) in [6.07, 6.45) is 65.9. The van der Waals surface area contributed by atoms with Crippen LogP contribution in [0.5, 0.6) is 0 Å². The van der Waals surface area contributed by atoms with E-state index in [1.165, 1.54) is 0 Å². The first kappa shape index (κ1) is 55.5. The van der Waals surface area contributed by atoms with Gasteiger partial charge in [0, 0.05) is 19.3 Å². The minimum atomic E-state index is -0.831. The summed E-state index contributed by atoms with van der Waals surface area (Å²) >= 11 is 0. The number of ether oxygens (including phenoxy) is 3. The molecule has 0 aliphatic rings. The van der Waals surface area contributed by atoms with E-state index >= 15 is 0 Å². The molecule has 0 aliphatic carbocycles. The lowest BCUT2D eigenvalue weighted by molar-refractivity contribution is -0.166. The molecule has 6 nitrogen and oxygen atoms in total. The van der Waals surface area contributed by atoms with Gasteiger partial charge in [0.15, 0.2) is 6.10 Å². The molecule has 1 unspecified atom stereocenters. The lowest BCUT2D eigenvalue weighted by atomic mass is 10.1. The molecule has 0 radical (unpaired) electrons. The van der Waals surface area contributed by atoms with Crippen molar-refractivity contribution in [1.82, 2.24) is 0 Å². The van der Waals surface area contributed by atoms with Crippen LogP contribution in [0, 0.1) is 0 Å². The molecule has 0 spiro atoms. The third-order valence-electron chi connectivity index (χ3n) is 9.02. The van der Waals surface area contributed by atoms with Crippen LogP contribution in [-0.2, 0) is 28.6 Å². The molecule has 0 rings (SSSR count). The minimum Gasteiger partial charge on any atom is -0.462 e. The van der Waals surface area contributed by atoms with E-state index in [0.29, 0.717) is 12.8 Å². The standard InChI is InChI=1S/C54H82O6/c1-4-7-10-13-16-19-22-25-26-27-30-32-35-38-41-44-47-53(56)59-50-51(60-54(57)48-45-42-39-36-33-29-24-21-18-15-12-9-6-3)49-58-52(55)46-43-40-37-34-31-28-23-20-17-14-11-8-5-2/h7-12,14-21,23-26,30,32,38,41,51H,4-6,13,22,27-29,31,33-37,39-40,42-50H2,1-3H3/b10-7-,11-8-,12-9-,17-14-,18-15-,19-16-,23-20-,24-21-,26-25-,32-30-,41-38-. The highest BCUT2D eigenvalue weighted by Crippen LogP contribution is 2.12. The fourth-order valence-corrected chi connectivity index (χ4v) is 5.61. The zero-order chi connectivity index (χ0) is 43.7. The van der Waals surface area contributed by atoms with Gasteiger partial charge in [-0.3, -0.25) is 14.4 Å². The van der Waals surface area contributed by atoms with Crippen LogP contribution in [0.4, 0.5) is 0 Å². The number of hydrogen-bond donors (Lipinski definition) is 0. The summed E-state index contributed by atoms with van der Waals surface area (Å²) in [5.74, 6) is -1.07. The molecule has 0 heterocycles. The fraction of sp³-hybridized carbons (Fsp3) is 0.537. The number of carbonyl (C=O) groups excluding carboxylic acids is 3. The van der Waals surface area contributed by atoms with Crippen LogP contribution < -0.4 is 0 Å². The van der Waals surface area contributed by atoms with Crippen LogP contribution in [0.1, 0.15) is 168 Å². The molecule has 0 saturated heterocycles. The van der Waals surface area contributed by atoms with Gasteiger partial charge in [0.1, 0.15) is 13.2 Å². The molecule has 0 N–H and O–H groups in total. The van der Waals surface area contributed by atoms with Crippen molar-refractivity contribution >= 4 is 17.9 Å². The number of hydrogen-bond acceptors (Lipinski definition) is 6. The Kier molecular flexibility index (Phi) is 43.7. The van der Waals surface area contributed by atoms with Crippen LogP contribution in [-0.4, -0.2) is 37.2 Å². The maximum atomic E-state index is 12.7. The Balaban J connectivity index is 4.59. The van der Waals surface area contributed by atoms with Crippen molar-refractivity contribution in [3.63, 3.8) is 0 Å². The van der Waals surface area contributed by atoms with E-state index in [9.17, 15) is 14.4 Å². The van der Waals surface area contributed by atoms with E-state index in [1.54, 1.807) is 0 Å². The Morgan fingerprint density at radius 2 is 0.717 bits per heavy atom. The molecule has 0 aromatic carbocycles. The van der Waals surface area contributed by atoms with E-state index in [1.807, 2.05) is 24.3 Å². The summed E-state index contributed by atoms with van der Waals surface area (Å²) in [7, 11) is 0. The summed E-state index contributed by atoms with van der Waals surface area (Å²) in [5.41, 5.74) is 0. The second-order valence-corrected chi connectivity index (χ2v) is 14.6. The van der Waals surface area contributed by atoms with E-state index in [0.717, 1.165) is 122 Å². The van der Waals surface area contributed by atoms with E-state index in [2.05, 4.69) is 130 Å². The van der Waals surface area contributed by atoms with Crippen LogP contribution >= 0.6 is 0 Å². The van der Waals surface area contributed by atoms with E-state index in [-0.39, 0.29) is 44.0 Å². The Labute approximate surface area is 366 Å². The highest BCUT2D eigenvalue weighted by atomic mass is 16.6. The third-order valence-corrected chi connectivity index (χ3v) is 9.02. The van der Waals surface area contributed by atoms with Gasteiger partial charge in [0.2, 0.25) is 0 Å². The lowest BCUT2D eigenvalue weighted by Gasteiger charge is -2.18. The monoisotopic (exact) mass is 827 g/mol. The summed E-state index contributed by atoms with van der Waals surface area (Å²) in [6, 6.07) is 0. The first-order chi connectivity index (χ1) is 29.5. The Morgan fingerprint density at radius 1 is 0.350 bits per heavy atom. The lowest BCUT2D eigenvalue weighted by Crippen LogP contribution is -2.30. The number of unbranched alkanes of at least 4 members (excludes halogenated alkanes) is 10. The molecule has 0 saturated carbocycles. The summed E-state index contributed by atoms with van der Waals surface area (Å²) < 4.78 is 16.6. The molecular weight excluding hydrogens is 745 g/mol. The van der Waals surface area contributed by atoms with Crippen molar-refractivity contribution in [2.24, 2.45) is 0 Å². The normalized spacial score (nSPS) is 13.3. The predicted octanol–water partition coefficient (Wildman–Crippen LogP) is 15.1. The average molecular weight is 827 g/mol. The van der Waals surface area contributed by atoms with Crippen molar-refractivity contribution in [2.75, 3.05) is 13.2 Å². The SMILES string of the molecule is CC\C=C/C=C\C=C/CCCCCCCC(=O)OCC(COC(=O)CC/C=C\C/C=C\C/C=C\C/C=C\C/C=C\CC)OC(=O)CCCCCCC\C=C/C=C\C=C/CC. The third kappa shape index (κ3) is 44.6. The minimum absolute atomic E-state index is 0.126. The smallest absolute Gasteiger partial charge is 0.306 e. The Bertz CT molecular complexity index is 1370. The molecule has 0 aromatic rings. The zero-order valence-corrected chi connectivity index (χ0v) is 37.9. The van der Waals surface area contributed by atoms with Gasteiger partial charge in [-0.05, 0) is 89.9 Å². The van der Waals surface area contributed by atoms with E-state index in [4.69, 9.17) is 14.2 Å². The van der Waals surface area contributed by atoms with Crippen molar-refractivity contribution in [3.8, 4) is 0 Å². The van der Waals surface area contributed by atoms with Crippen LogP contribution in [0.2, 0.25) is 0 Å². The molecule has 0 aliphatic heterocycles. The maximum absolute atomic E-state index is 12.7. The van der Waals surface area contributed by atoms with Crippen molar-refractivity contribution in [3.05, 3.63) is 134 Å². The second kappa shape index (κ2) is 47.2. The van der Waals surface area contributed by atoms with Crippen LogP contribution in [0.15, 0.2) is 134 Å². The topological polar surface area (TPSA) is 78.9 Å². The van der Waals surface area contributed by atoms with E-state index < -0.39 is 6.10 Å². The number of esters is 3. The fourth-order valence-electron chi connectivity index (χ4n) is 5.61. The van der Waals surface area contributed by atoms with Gasteiger partial charge < -0.3 is 14.2 Å². The van der Waals surface area contributed by atoms with Crippen molar-refractivity contribution in [2.45, 2.75) is 175 Å². The van der Waals surface area contributed by atoms with Gasteiger partial charge in [0.25, 0.3) is 0 Å². The number of rotatable bonds is 39. The Morgan fingerprint density at radius 3 is 1.18 bits per heavy atom. The highest BCUT2D eigenvalue weighted by molar-refractivity contribution is 5.71. The quantitative estimate of drug-likeness (QED) is 0.0202. The average Bonchev–Trinajstić information content (AvgIpc) is 3.24. The molecule has 0 fully saturated rings. The molecule has 0 bridgehead atoms. The van der Waals surface area contributed by atoms with Crippen LogP contribution in [0.25, 0.3) is 0 Å². The molecular formula is C54H82O6.